The van der Waals surface area contributed by atoms with E-state index in [1.165, 1.54) is 38.4 Å². The number of rotatable bonds is 10. The number of carbonyl (C=O) groups excluding carboxylic acids is 1. The van der Waals surface area contributed by atoms with Crippen LogP contribution in [0, 0.1) is 0 Å². The van der Waals surface area contributed by atoms with Gasteiger partial charge in [-0.15, -0.1) is 0 Å². The Morgan fingerprint density at radius 1 is 1.06 bits per heavy atom. The molecular weight excluding hydrogens is 435 g/mol. The van der Waals surface area contributed by atoms with Crippen molar-refractivity contribution in [3.63, 3.8) is 0 Å². The van der Waals surface area contributed by atoms with Crippen LogP contribution in [-0.4, -0.2) is 59.2 Å². The maximum atomic E-state index is 12.5. The third-order valence-electron chi connectivity index (χ3n) is 4.22. The fraction of sp³-hybridized carbons (Fsp3) is 0.350. The molecule has 2 aromatic carbocycles. The number of amides is 1. The van der Waals surface area contributed by atoms with E-state index < -0.39 is 28.7 Å². The molecule has 0 saturated heterocycles. The summed E-state index contributed by atoms with van der Waals surface area (Å²) in [6, 6.07) is 11.7. The minimum Gasteiger partial charge on any atom is -0.497 e. The summed E-state index contributed by atoms with van der Waals surface area (Å²) in [6.45, 7) is -0.643. The van der Waals surface area contributed by atoms with Crippen LogP contribution >= 0.6 is 0 Å². The molecule has 2 aromatic rings. The number of nitrogens with one attached hydrogen (secondary N) is 2. The molecule has 0 aliphatic rings. The maximum Gasteiger partial charge on any atom is 0.401 e. The number of sulfonamides is 1. The minimum atomic E-state index is -4.26. The molecule has 0 unspecified atom stereocenters. The lowest BCUT2D eigenvalue weighted by molar-refractivity contribution is -0.143. The summed E-state index contributed by atoms with van der Waals surface area (Å²) < 4.78 is 69.2. The number of hydrogen-bond donors (Lipinski definition) is 2. The number of anilines is 1. The Morgan fingerprint density at radius 2 is 1.68 bits per heavy atom. The van der Waals surface area contributed by atoms with Gasteiger partial charge in [0.15, 0.2) is 0 Å². The molecule has 31 heavy (non-hydrogen) atoms. The average molecular weight is 459 g/mol. The molecule has 0 aliphatic heterocycles. The van der Waals surface area contributed by atoms with Gasteiger partial charge in [-0.1, -0.05) is 0 Å². The van der Waals surface area contributed by atoms with Crippen molar-refractivity contribution in [2.24, 2.45) is 0 Å². The zero-order valence-corrected chi connectivity index (χ0v) is 17.9. The summed E-state index contributed by atoms with van der Waals surface area (Å²) in [5.41, 5.74) is 0.602. The van der Waals surface area contributed by atoms with Crippen molar-refractivity contribution in [3.05, 3.63) is 54.1 Å². The fourth-order valence-corrected chi connectivity index (χ4v) is 3.76. The zero-order valence-electron chi connectivity index (χ0n) is 17.1. The second-order valence-corrected chi connectivity index (χ2v) is 8.50. The zero-order chi connectivity index (χ0) is 23.1. The van der Waals surface area contributed by atoms with Crippen LogP contribution in [0.5, 0.6) is 5.75 Å². The number of hydrogen-bond acceptors (Lipinski definition) is 5. The van der Waals surface area contributed by atoms with Crippen LogP contribution in [0.4, 0.5) is 18.9 Å². The molecule has 0 fully saturated rings. The van der Waals surface area contributed by atoms with Gasteiger partial charge in [-0.3, -0.25) is 14.4 Å². The van der Waals surface area contributed by atoms with Gasteiger partial charge in [0.1, 0.15) is 5.75 Å². The van der Waals surface area contributed by atoms with Gasteiger partial charge < -0.3 is 10.1 Å². The molecular formula is C20H24F3N3O4S. The second kappa shape index (κ2) is 10.5. The number of carbonyl (C=O) groups is 1. The Bertz CT molecular complexity index is 963. The van der Waals surface area contributed by atoms with Crippen molar-refractivity contribution in [2.75, 3.05) is 38.5 Å². The molecule has 0 aromatic heterocycles. The van der Waals surface area contributed by atoms with E-state index in [-0.39, 0.29) is 23.5 Å². The fourth-order valence-electron chi connectivity index (χ4n) is 2.70. The van der Waals surface area contributed by atoms with E-state index in [0.29, 0.717) is 17.9 Å². The maximum absolute atomic E-state index is 12.5. The molecule has 0 atom stereocenters. The molecule has 1 amide bonds. The van der Waals surface area contributed by atoms with Crippen LogP contribution in [0.2, 0.25) is 0 Å². The van der Waals surface area contributed by atoms with Crippen LogP contribution in [0.25, 0.3) is 0 Å². The summed E-state index contributed by atoms with van der Waals surface area (Å²) in [5, 5.41) is 2.60. The molecule has 7 nitrogen and oxygen atoms in total. The first-order valence-corrected chi connectivity index (χ1v) is 10.8. The Balaban J connectivity index is 1.87. The van der Waals surface area contributed by atoms with E-state index in [1.54, 1.807) is 24.3 Å². The number of methoxy groups -OCH3 is 1. The largest absolute Gasteiger partial charge is 0.497 e. The summed E-state index contributed by atoms with van der Waals surface area (Å²) in [7, 11) is -0.982. The van der Waals surface area contributed by atoms with Crippen molar-refractivity contribution in [1.82, 2.24) is 10.2 Å². The van der Waals surface area contributed by atoms with E-state index in [1.807, 2.05) is 0 Å². The van der Waals surface area contributed by atoms with E-state index in [4.69, 9.17) is 4.74 Å². The molecule has 2 N–H and O–H groups in total. The lowest BCUT2D eigenvalue weighted by Gasteiger charge is -2.18. The molecule has 0 saturated carbocycles. The molecule has 2 rings (SSSR count). The first-order valence-electron chi connectivity index (χ1n) is 9.30. The van der Waals surface area contributed by atoms with Crippen molar-refractivity contribution >= 4 is 21.6 Å². The van der Waals surface area contributed by atoms with Gasteiger partial charge in [-0.25, -0.2) is 8.42 Å². The SMILES string of the molecule is COc1ccc(NS(=O)(=O)c2ccc(C(=O)NCCCN(C)CC(F)(F)F)cc2)cc1. The van der Waals surface area contributed by atoms with Crippen molar-refractivity contribution in [2.45, 2.75) is 17.5 Å². The number of benzene rings is 2. The Hall–Kier alpha value is -2.79. The highest BCUT2D eigenvalue weighted by Gasteiger charge is 2.28. The van der Waals surface area contributed by atoms with Crippen molar-refractivity contribution < 1.29 is 31.1 Å². The van der Waals surface area contributed by atoms with Gasteiger partial charge >= 0.3 is 6.18 Å². The van der Waals surface area contributed by atoms with E-state index in [2.05, 4.69) is 10.0 Å². The third kappa shape index (κ3) is 8.10. The van der Waals surface area contributed by atoms with E-state index in [0.717, 1.165) is 4.90 Å². The minimum absolute atomic E-state index is 0.0198. The molecule has 170 valence electrons. The molecule has 0 aliphatic carbocycles. The lowest BCUT2D eigenvalue weighted by atomic mass is 10.2. The van der Waals surface area contributed by atoms with Gasteiger partial charge in [-0.2, -0.15) is 13.2 Å². The molecule has 0 heterocycles. The van der Waals surface area contributed by atoms with Crippen LogP contribution in [0.1, 0.15) is 16.8 Å². The number of alkyl halides is 3. The molecule has 0 spiro atoms. The van der Waals surface area contributed by atoms with Crippen LogP contribution in [0.3, 0.4) is 0 Å². The Morgan fingerprint density at radius 3 is 2.23 bits per heavy atom. The quantitative estimate of drug-likeness (QED) is 0.533. The highest BCUT2D eigenvalue weighted by atomic mass is 32.2. The number of ether oxygens (including phenoxy) is 1. The highest BCUT2D eigenvalue weighted by molar-refractivity contribution is 7.92. The predicted molar refractivity (Wildman–Crippen MR) is 111 cm³/mol. The van der Waals surface area contributed by atoms with Gasteiger partial charge in [0.05, 0.1) is 18.6 Å². The second-order valence-electron chi connectivity index (χ2n) is 6.82. The summed E-state index contributed by atoms with van der Waals surface area (Å²) >= 11 is 0. The third-order valence-corrected chi connectivity index (χ3v) is 5.62. The van der Waals surface area contributed by atoms with Gasteiger partial charge in [-0.05, 0) is 68.5 Å². The standard InChI is InChI=1S/C20H24F3N3O4S/c1-26(14-20(21,22)23)13-3-12-24-19(27)15-4-10-18(11-5-15)31(28,29)25-16-6-8-17(30-2)9-7-16/h4-11,25H,3,12-14H2,1-2H3,(H,24,27). The number of nitrogens with zero attached hydrogens (tertiary/aromatic N) is 1. The number of halogens is 3. The van der Waals surface area contributed by atoms with Crippen LogP contribution in [0.15, 0.2) is 53.4 Å². The van der Waals surface area contributed by atoms with Crippen molar-refractivity contribution in [3.8, 4) is 5.75 Å². The van der Waals surface area contributed by atoms with Gasteiger partial charge in [0, 0.05) is 17.8 Å². The monoisotopic (exact) mass is 459 g/mol. The normalized spacial score (nSPS) is 11.9. The first kappa shape index (κ1) is 24.5. The van der Waals surface area contributed by atoms with E-state index in [9.17, 15) is 26.4 Å². The molecule has 0 bridgehead atoms. The summed E-state index contributed by atoms with van der Waals surface area (Å²) in [5.74, 6) is 0.149. The first-order chi connectivity index (χ1) is 14.5. The molecule has 0 radical (unpaired) electrons. The Labute approximate surface area is 179 Å². The topological polar surface area (TPSA) is 87.7 Å². The predicted octanol–water partition coefficient (Wildman–Crippen LogP) is 3.11. The smallest absolute Gasteiger partial charge is 0.401 e. The van der Waals surface area contributed by atoms with Crippen molar-refractivity contribution in [1.29, 1.82) is 0 Å². The summed E-state index contributed by atoms with van der Waals surface area (Å²) in [6.07, 6.45) is -3.92. The average Bonchev–Trinajstić information content (AvgIpc) is 2.70. The van der Waals surface area contributed by atoms with Crippen LogP contribution in [-0.2, 0) is 10.0 Å². The van der Waals surface area contributed by atoms with Gasteiger partial charge in [0.2, 0.25) is 0 Å². The molecule has 11 heteroatoms. The summed E-state index contributed by atoms with van der Waals surface area (Å²) in [4.78, 5) is 13.3. The Kier molecular flexibility index (Phi) is 8.28. The highest BCUT2D eigenvalue weighted by Crippen LogP contribution is 2.20. The van der Waals surface area contributed by atoms with Crippen LogP contribution < -0.4 is 14.8 Å². The lowest BCUT2D eigenvalue weighted by Crippen LogP contribution is -2.33. The van der Waals surface area contributed by atoms with E-state index >= 15 is 0 Å². The van der Waals surface area contributed by atoms with Gasteiger partial charge in [0.25, 0.3) is 15.9 Å².